The molecule has 0 fully saturated rings. The zero-order valence-electron chi connectivity index (χ0n) is 23.6. The van der Waals surface area contributed by atoms with E-state index in [2.05, 4.69) is 20.3 Å². The first kappa shape index (κ1) is 31.1. The number of thiazole rings is 4. The fraction of sp³-hybridized carbons (Fsp3) is 0.462. The number of carbonyl (C=O) groups excluding carboxylic acids is 2. The molecule has 0 saturated heterocycles. The first-order valence-corrected chi connectivity index (χ1v) is 16.0. The molecule has 0 radical (unpaired) electrons. The summed E-state index contributed by atoms with van der Waals surface area (Å²) < 4.78 is 15.8. The Hall–Kier alpha value is -2.82. The van der Waals surface area contributed by atoms with E-state index in [4.69, 9.17) is 19.2 Å². The van der Waals surface area contributed by atoms with Crippen LogP contribution in [0.3, 0.4) is 0 Å². The van der Waals surface area contributed by atoms with E-state index in [9.17, 15) is 14.7 Å². The molecule has 1 unspecified atom stereocenters. The van der Waals surface area contributed by atoms with E-state index in [1.165, 1.54) is 52.5 Å². The van der Waals surface area contributed by atoms with Gasteiger partial charge in [-0.15, -0.1) is 45.3 Å². The maximum absolute atomic E-state index is 12.9. The smallest absolute Gasteiger partial charge is 0.408 e. The Labute approximate surface area is 253 Å². The summed E-state index contributed by atoms with van der Waals surface area (Å²) in [4.78, 5) is 43.8. The minimum absolute atomic E-state index is 0.139. The highest BCUT2D eigenvalue weighted by molar-refractivity contribution is 7.16. The molecule has 1 amide bonds. The van der Waals surface area contributed by atoms with Crippen molar-refractivity contribution in [2.24, 2.45) is 0 Å². The molecule has 4 rings (SSSR count). The molecule has 2 N–H and O–H groups in total. The van der Waals surface area contributed by atoms with Crippen molar-refractivity contribution in [3.63, 3.8) is 0 Å². The molecular weight excluding hydrogens is 607 g/mol. The maximum Gasteiger partial charge on any atom is 0.408 e. The van der Waals surface area contributed by atoms with Crippen LogP contribution >= 0.6 is 45.3 Å². The lowest BCUT2D eigenvalue weighted by Crippen LogP contribution is -2.47. The number of aliphatic hydroxyl groups is 1. The summed E-state index contributed by atoms with van der Waals surface area (Å²) in [6.45, 7) is 10.5. The van der Waals surface area contributed by atoms with E-state index in [1.807, 2.05) is 16.1 Å². The number of esters is 1. The highest BCUT2D eigenvalue weighted by Gasteiger charge is 2.30. The van der Waals surface area contributed by atoms with Crippen molar-refractivity contribution in [2.75, 3.05) is 7.11 Å². The Morgan fingerprint density at radius 2 is 1.32 bits per heavy atom. The molecule has 11 nitrogen and oxygen atoms in total. The van der Waals surface area contributed by atoms with E-state index in [0.717, 1.165) is 5.01 Å². The number of ether oxygens (including phenoxy) is 3. The number of alkyl carbamates (subject to hydrolysis) is 1. The van der Waals surface area contributed by atoms with Gasteiger partial charge >= 0.3 is 12.1 Å². The predicted molar refractivity (Wildman–Crippen MR) is 160 cm³/mol. The van der Waals surface area contributed by atoms with E-state index in [-0.39, 0.29) is 6.42 Å². The Kier molecular flexibility index (Phi) is 9.56. The van der Waals surface area contributed by atoms with Crippen molar-refractivity contribution < 1.29 is 28.9 Å². The molecule has 4 aromatic rings. The fourth-order valence-corrected chi connectivity index (χ4v) is 6.67. The van der Waals surface area contributed by atoms with Crippen LogP contribution in [0.4, 0.5) is 4.79 Å². The van der Waals surface area contributed by atoms with Crippen LogP contribution in [0.1, 0.15) is 58.5 Å². The molecule has 15 heteroatoms. The zero-order chi connectivity index (χ0) is 29.9. The first-order chi connectivity index (χ1) is 19.2. The van der Waals surface area contributed by atoms with Gasteiger partial charge in [-0.1, -0.05) is 0 Å². The van der Waals surface area contributed by atoms with Gasteiger partial charge in [0.15, 0.2) is 6.29 Å². The number of amides is 1. The highest BCUT2D eigenvalue weighted by atomic mass is 32.1. The molecule has 0 aromatic carbocycles. The third-order valence-electron chi connectivity index (χ3n) is 4.98. The van der Waals surface area contributed by atoms with Crippen LogP contribution in [-0.4, -0.2) is 61.5 Å². The second-order valence-electron chi connectivity index (χ2n) is 10.8. The molecule has 0 bridgehead atoms. The number of nitrogens with zero attached hydrogens (tertiary/aromatic N) is 4. The van der Waals surface area contributed by atoms with Crippen LogP contribution in [0.5, 0.6) is 0 Å². The summed E-state index contributed by atoms with van der Waals surface area (Å²) >= 11 is 5.62. The lowest BCUT2D eigenvalue weighted by atomic mass is 10.1. The third-order valence-corrected chi connectivity index (χ3v) is 8.46. The number of methoxy groups -OCH3 is 1. The monoisotopic (exact) mass is 637 g/mol. The second-order valence-corrected chi connectivity index (χ2v) is 14.3. The Bertz CT molecular complexity index is 1500. The largest absolute Gasteiger partial charge is 0.458 e. The number of rotatable bonds is 9. The van der Waals surface area contributed by atoms with Crippen molar-refractivity contribution in [3.8, 4) is 32.1 Å². The van der Waals surface area contributed by atoms with Gasteiger partial charge in [0.2, 0.25) is 0 Å². The summed E-state index contributed by atoms with van der Waals surface area (Å²) in [5, 5.41) is 22.6. The number of carbonyl (C=O) groups is 2. The highest BCUT2D eigenvalue weighted by Crippen LogP contribution is 2.34. The van der Waals surface area contributed by atoms with Gasteiger partial charge in [0.05, 0.1) is 5.01 Å². The normalized spacial score (nSPS) is 13.6. The van der Waals surface area contributed by atoms with Crippen LogP contribution in [0, 0.1) is 0 Å². The molecule has 41 heavy (non-hydrogen) atoms. The molecule has 4 heterocycles. The van der Waals surface area contributed by atoms with Gasteiger partial charge in [0, 0.05) is 35.1 Å². The minimum Gasteiger partial charge on any atom is -0.458 e. The second kappa shape index (κ2) is 12.6. The number of aromatic nitrogens is 4. The van der Waals surface area contributed by atoms with Gasteiger partial charge < -0.3 is 24.6 Å². The first-order valence-electron chi connectivity index (χ1n) is 12.5. The van der Waals surface area contributed by atoms with Gasteiger partial charge in [0.1, 0.15) is 55.0 Å². The van der Waals surface area contributed by atoms with Crippen molar-refractivity contribution in [1.29, 1.82) is 0 Å². The lowest BCUT2D eigenvalue weighted by molar-refractivity contribution is -0.157. The molecule has 2 atom stereocenters. The lowest BCUT2D eigenvalue weighted by Gasteiger charge is -2.25. The zero-order valence-corrected chi connectivity index (χ0v) is 26.8. The predicted octanol–water partition coefficient (Wildman–Crippen LogP) is 5.93. The fourth-order valence-electron chi connectivity index (χ4n) is 3.31. The molecule has 0 aliphatic heterocycles. The number of aliphatic hydroxyl groups excluding tert-OH is 1. The Balaban J connectivity index is 1.47. The standard InChI is InChI=1S/C26H31N5O6S4/c1-25(2,3)36-23(33)13(31-24(34)37-26(4,5)6)8-18-27-14(9-38-18)19-28-15(10-39-19)20-29-16(11-40-20)21-30-17(12-41-21)22(32)35-7/h9-13,22,32H,8H2,1-7H3,(H,31,34)/t13-,22?/m0/s1. The topological polar surface area (TPSA) is 146 Å². The minimum atomic E-state index is -1.07. The van der Waals surface area contributed by atoms with E-state index >= 15 is 0 Å². The van der Waals surface area contributed by atoms with Crippen molar-refractivity contribution in [3.05, 3.63) is 32.2 Å². The van der Waals surface area contributed by atoms with Crippen LogP contribution < -0.4 is 5.32 Å². The van der Waals surface area contributed by atoms with Crippen LogP contribution in [0.25, 0.3) is 32.1 Å². The summed E-state index contributed by atoms with van der Waals surface area (Å²) in [7, 11) is 1.41. The summed E-state index contributed by atoms with van der Waals surface area (Å²) in [6.07, 6.45) is -1.64. The molecule has 4 aromatic heterocycles. The van der Waals surface area contributed by atoms with Crippen molar-refractivity contribution in [2.45, 2.75) is 71.5 Å². The molecular formula is C26H31N5O6S4. The molecule has 0 aliphatic rings. The van der Waals surface area contributed by atoms with Crippen molar-refractivity contribution >= 4 is 57.4 Å². The Morgan fingerprint density at radius 1 is 0.805 bits per heavy atom. The Morgan fingerprint density at radius 3 is 1.88 bits per heavy atom. The SMILES string of the molecule is COC(O)c1csc(-c2csc(-c3csc(-c4csc(C[C@H](NC(=O)OC(C)(C)C)C(=O)OC(C)(C)C)n4)n3)n2)n1. The molecule has 0 saturated carbocycles. The molecule has 0 spiro atoms. The van der Waals surface area contributed by atoms with Gasteiger partial charge in [0.25, 0.3) is 0 Å². The summed E-state index contributed by atoms with van der Waals surface area (Å²) in [5.74, 6) is -0.569. The average molecular weight is 638 g/mol. The summed E-state index contributed by atoms with van der Waals surface area (Å²) in [5.41, 5.74) is 1.07. The van der Waals surface area contributed by atoms with E-state index in [1.54, 1.807) is 46.9 Å². The van der Waals surface area contributed by atoms with Crippen molar-refractivity contribution in [1.82, 2.24) is 25.3 Å². The molecule has 0 aliphatic carbocycles. The van der Waals surface area contributed by atoms with Crippen LogP contribution in [0.15, 0.2) is 21.5 Å². The van der Waals surface area contributed by atoms with Gasteiger partial charge in [-0.05, 0) is 41.5 Å². The van der Waals surface area contributed by atoms with Crippen LogP contribution in [0.2, 0.25) is 0 Å². The van der Waals surface area contributed by atoms with Crippen LogP contribution in [-0.2, 0) is 25.4 Å². The molecule has 220 valence electrons. The number of hydrogen-bond acceptors (Lipinski definition) is 14. The average Bonchev–Trinajstić information content (AvgIpc) is 3.66. The quantitative estimate of drug-likeness (QED) is 0.167. The van der Waals surface area contributed by atoms with E-state index < -0.39 is 35.6 Å². The maximum atomic E-state index is 12.9. The third kappa shape index (κ3) is 8.59. The van der Waals surface area contributed by atoms with Gasteiger partial charge in [-0.25, -0.2) is 29.5 Å². The summed E-state index contributed by atoms with van der Waals surface area (Å²) in [6, 6.07) is -0.972. The number of nitrogens with one attached hydrogen (secondary N) is 1. The number of hydrogen-bond donors (Lipinski definition) is 2. The van der Waals surface area contributed by atoms with E-state index in [0.29, 0.717) is 37.8 Å². The van der Waals surface area contributed by atoms with Gasteiger partial charge in [-0.3, -0.25) is 0 Å². The van der Waals surface area contributed by atoms with Gasteiger partial charge in [-0.2, -0.15) is 0 Å².